The van der Waals surface area contributed by atoms with Gasteiger partial charge >= 0.3 is 5.97 Å². The van der Waals surface area contributed by atoms with Crippen LogP contribution < -0.4 is 10.6 Å². The number of amides is 1. The summed E-state index contributed by atoms with van der Waals surface area (Å²) < 4.78 is 4.83. The van der Waals surface area contributed by atoms with Crippen LogP contribution >= 0.6 is 0 Å². The van der Waals surface area contributed by atoms with Crippen molar-refractivity contribution < 1.29 is 19.4 Å². The van der Waals surface area contributed by atoms with Crippen molar-refractivity contribution in [1.29, 1.82) is 0 Å². The molecule has 0 aliphatic heterocycles. The second-order valence-corrected chi connectivity index (χ2v) is 3.60. The number of rotatable bonds is 7. The quantitative estimate of drug-likeness (QED) is 0.617. The second-order valence-electron chi connectivity index (χ2n) is 3.60. The largest absolute Gasteiger partial charge is 0.478 e. The van der Waals surface area contributed by atoms with Gasteiger partial charge in [0.2, 0.25) is 5.91 Å². The van der Waals surface area contributed by atoms with Gasteiger partial charge in [0.1, 0.15) is 0 Å². The minimum absolute atomic E-state index is 0.185. The number of carbonyl (C=O) groups excluding carboxylic acids is 1. The Bertz CT molecular complexity index is 403. The first kappa shape index (κ1) is 14.1. The van der Waals surface area contributed by atoms with Gasteiger partial charge < -0.3 is 20.5 Å². The first-order valence-corrected chi connectivity index (χ1v) is 5.46. The van der Waals surface area contributed by atoms with Crippen LogP contribution in [0.15, 0.2) is 24.3 Å². The third-order valence-corrected chi connectivity index (χ3v) is 2.18. The van der Waals surface area contributed by atoms with Crippen molar-refractivity contribution in [3.63, 3.8) is 0 Å². The fraction of sp³-hybridized carbons (Fsp3) is 0.333. The summed E-state index contributed by atoms with van der Waals surface area (Å²) in [5, 5.41) is 14.3. The predicted octanol–water partition coefficient (Wildman–Crippen LogP) is 0.559. The van der Waals surface area contributed by atoms with E-state index in [1.165, 1.54) is 12.1 Å². The average molecular weight is 252 g/mol. The Hall–Kier alpha value is -1.92. The molecule has 6 nitrogen and oxygen atoms in total. The maximum absolute atomic E-state index is 11.5. The highest BCUT2D eigenvalue weighted by atomic mass is 16.5. The van der Waals surface area contributed by atoms with E-state index in [0.29, 0.717) is 18.8 Å². The van der Waals surface area contributed by atoms with Crippen molar-refractivity contribution in [3.05, 3.63) is 29.8 Å². The summed E-state index contributed by atoms with van der Waals surface area (Å²) in [7, 11) is 1.59. The van der Waals surface area contributed by atoms with Crippen LogP contribution in [0.25, 0.3) is 0 Å². The van der Waals surface area contributed by atoms with E-state index >= 15 is 0 Å². The zero-order valence-electron chi connectivity index (χ0n) is 10.1. The summed E-state index contributed by atoms with van der Waals surface area (Å²) in [6.07, 6.45) is 0. The number of carbonyl (C=O) groups is 2. The zero-order valence-corrected chi connectivity index (χ0v) is 10.1. The molecule has 0 aliphatic rings. The van der Waals surface area contributed by atoms with E-state index < -0.39 is 5.97 Å². The molecule has 6 heteroatoms. The van der Waals surface area contributed by atoms with Crippen LogP contribution in [-0.4, -0.2) is 43.8 Å². The lowest BCUT2D eigenvalue weighted by atomic mass is 10.2. The van der Waals surface area contributed by atoms with Gasteiger partial charge in [-0.15, -0.1) is 0 Å². The van der Waals surface area contributed by atoms with E-state index in [1.807, 2.05) is 0 Å². The maximum atomic E-state index is 11.5. The summed E-state index contributed by atoms with van der Waals surface area (Å²) >= 11 is 0. The minimum atomic E-state index is -0.992. The van der Waals surface area contributed by atoms with E-state index in [0.717, 1.165) is 0 Å². The van der Waals surface area contributed by atoms with Gasteiger partial charge in [-0.1, -0.05) is 0 Å². The Balaban J connectivity index is 2.37. The standard InChI is InChI=1S/C12H16N2O4/c1-18-7-6-13-8-11(15)14-10-4-2-9(3-5-10)12(16)17/h2-5,13H,6-8H2,1H3,(H,14,15)(H,16,17). The third-order valence-electron chi connectivity index (χ3n) is 2.18. The lowest BCUT2D eigenvalue weighted by molar-refractivity contribution is -0.115. The Kier molecular flexibility index (Phi) is 5.83. The maximum Gasteiger partial charge on any atom is 0.335 e. The van der Waals surface area contributed by atoms with Gasteiger partial charge in [-0.2, -0.15) is 0 Å². The molecule has 98 valence electrons. The number of methoxy groups -OCH3 is 1. The van der Waals surface area contributed by atoms with Gasteiger partial charge in [-0.25, -0.2) is 4.79 Å². The molecule has 0 aliphatic carbocycles. The molecule has 1 rings (SSSR count). The number of carboxylic acids is 1. The van der Waals surface area contributed by atoms with Crippen LogP contribution in [0.4, 0.5) is 5.69 Å². The molecule has 0 bridgehead atoms. The SMILES string of the molecule is COCCNCC(=O)Nc1ccc(C(=O)O)cc1. The topological polar surface area (TPSA) is 87.7 Å². The number of benzene rings is 1. The van der Waals surface area contributed by atoms with Gasteiger partial charge in [-0.3, -0.25) is 4.79 Å². The number of hydrogen-bond donors (Lipinski definition) is 3. The van der Waals surface area contributed by atoms with Gasteiger partial charge in [0.15, 0.2) is 0 Å². The van der Waals surface area contributed by atoms with E-state index in [2.05, 4.69) is 10.6 Å². The molecular formula is C12H16N2O4. The van der Waals surface area contributed by atoms with Crippen molar-refractivity contribution >= 4 is 17.6 Å². The lowest BCUT2D eigenvalue weighted by Crippen LogP contribution is -2.30. The first-order valence-electron chi connectivity index (χ1n) is 5.46. The molecule has 1 aromatic carbocycles. The fourth-order valence-electron chi connectivity index (χ4n) is 1.28. The van der Waals surface area contributed by atoms with Crippen molar-refractivity contribution in [2.24, 2.45) is 0 Å². The van der Waals surface area contributed by atoms with Gasteiger partial charge in [0.25, 0.3) is 0 Å². The molecule has 0 spiro atoms. The van der Waals surface area contributed by atoms with Crippen molar-refractivity contribution in [3.8, 4) is 0 Å². The molecule has 0 saturated heterocycles. The van der Waals surface area contributed by atoms with Crippen molar-refractivity contribution in [1.82, 2.24) is 5.32 Å². The summed E-state index contributed by atoms with van der Waals surface area (Å²) in [6.45, 7) is 1.33. The molecule has 0 aromatic heterocycles. The van der Waals surface area contributed by atoms with E-state index in [1.54, 1.807) is 19.2 Å². The normalized spacial score (nSPS) is 10.1. The monoisotopic (exact) mass is 252 g/mol. The van der Waals surface area contributed by atoms with Gasteiger partial charge in [0, 0.05) is 19.3 Å². The van der Waals surface area contributed by atoms with Crippen LogP contribution in [-0.2, 0) is 9.53 Å². The summed E-state index contributed by atoms with van der Waals surface area (Å²) in [4.78, 5) is 22.1. The van der Waals surface area contributed by atoms with Crippen LogP contribution in [0, 0.1) is 0 Å². The number of nitrogens with one attached hydrogen (secondary N) is 2. The van der Waals surface area contributed by atoms with E-state index in [4.69, 9.17) is 9.84 Å². The molecule has 0 atom stereocenters. The Morgan fingerprint density at radius 1 is 1.28 bits per heavy atom. The predicted molar refractivity (Wildman–Crippen MR) is 66.8 cm³/mol. The molecule has 1 amide bonds. The van der Waals surface area contributed by atoms with Gasteiger partial charge in [-0.05, 0) is 24.3 Å². The Morgan fingerprint density at radius 3 is 2.50 bits per heavy atom. The molecule has 0 unspecified atom stereocenters. The molecule has 1 aromatic rings. The third kappa shape index (κ3) is 4.94. The summed E-state index contributed by atoms with van der Waals surface area (Å²) in [6, 6.07) is 5.99. The zero-order chi connectivity index (χ0) is 13.4. The summed E-state index contributed by atoms with van der Waals surface area (Å²) in [5.41, 5.74) is 0.754. The number of ether oxygens (including phenoxy) is 1. The van der Waals surface area contributed by atoms with Crippen LogP contribution in [0.2, 0.25) is 0 Å². The molecule has 3 N–H and O–H groups in total. The van der Waals surface area contributed by atoms with Gasteiger partial charge in [0.05, 0.1) is 18.7 Å². The number of carboxylic acid groups (broad SMARTS) is 1. The molecule has 18 heavy (non-hydrogen) atoms. The van der Waals surface area contributed by atoms with Crippen molar-refractivity contribution in [2.45, 2.75) is 0 Å². The van der Waals surface area contributed by atoms with E-state index in [9.17, 15) is 9.59 Å². The molecular weight excluding hydrogens is 236 g/mol. The Morgan fingerprint density at radius 2 is 1.94 bits per heavy atom. The van der Waals surface area contributed by atoms with E-state index in [-0.39, 0.29) is 18.0 Å². The van der Waals surface area contributed by atoms with Crippen LogP contribution in [0.3, 0.4) is 0 Å². The lowest BCUT2D eigenvalue weighted by Gasteiger charge is -2.06. The summed E-state index contributed by atoms with van der Waals surface area (Å²) in [5.74, 6) is -1.18. The second kappa shape index (κ2) is 7.41. The number of anilines is 1. The molecule has 0 heterocycles. The first-order chi connectivity index (χ1) is 8.63. The average Bonchev–Trinajstić information content (AvgIpc) is 2.35. The molecule has 0 saturated carbocycles. The number of hydrogen-bond acceptors (Lipinski definition) is 4. The fourth-order valence-corrected chi connectivity index (χ4v) is 1.28. The smallest absolute Gasteiger partial charge is 0.335 e. The number of aromatic carboxylic acids is 1. The highest BCUT2D eigenvalue weighted by Crippen LogP contribution is 2.09. The molecule has 0 fully saturated rings. The highest BCUT2D eigenvalue weighted by Gasteiger charge is 2.04. The molecule has 0 radical (unpaired) electrons. The minimum Gasteiger partial charge on any atom is -0.478 e. The highest BCUT2D eigenvalue weighted by molar-refractivity contribution is 5.93. The van der Waals surface area contributed by atoms with Crippen LogP contribution in [0.5, 0.6) is 0 Å². The Labute approximate surface area is 105 Å². The van der Waals surface area contributed by atoms with Crippen LogP contribution in [0.1, 0.15) is 10.4 Å². The van der Waals surface area contributed by atoms with Crippen molar-refractivity contribution in [2.75, 3.05) is 32.1 Å².